The van der Waals surface area contributed by atoms with Crippen LogP contribution in [0.1, 0.15) is 88.2 Å². The second-order valence-corrected chi connectivity index (χ2v) is 20.2. The average Bonchev–Trinajstić information content (AvgIpc) is 3.62. The van der Waals surface area contributed by atoms with Gasteiger partial charge in [-0.05, 0) is 199 Å². The van der Waals surface area contributed by atoms with E-state index in [2.05, 4.69) is 144 Å². The molecular weight excluding hydrogens is 703 g/mol. The lowest BCUT2D eigenvalue weighted by Gasteiger charge is -2.57. The van der Waals surface area contributed by atoms with Crippen molar-refractivity contribution in [3.05, 3.63) is 151 Å². The summed E-state index contributed by atoms with van der Waals surface area (Å²) in [5.41, 5.74) is 14.7. The van der Waals surface area contributed by atoms with E-state index in [9.17, 15) is 0 Å². The molecule has 0 saturated heterocycles. The number of nitrogens with zero attached hydrogens (tertiary/aromatic N) is 1. The number of benzene rings is 6. The molecule has 1 aromatic heterocycles. The maximum atomic E-state index is 6.53. The van der Waals surface area contributed by atoms with Crippen LogP contribution in [0.25, 0.3) is 44.2 Å². The molecule has 0 atom stereocenters. The fourth-order valence-electron chi connectivity index (χ4n) is 15.0. The van der Waals surface area contributed by atoms with Gasteiger partial charge in [0.05, 0.1) is 0 Å². The maximum absolute atomic E-state index is 6.53. The van der Waals surface area contributed by atoms with Crippen LogP contribution in [0.3, 0.4) is 0 Å². The molecule has 288 valence electrons. The zero-order chi connectivity index (χ0) is 38.0. The van der Waals surface area contributed by atoms with Gasteiger partial charge in [-0.1, -0.05) is 91.0 Å². The molecule has 58 heavy (non-hydrogen) atoms. The lowest BCUT2D eigenvalue weighted by molar-refractivity contribution is -0.00520. The van der Waals surface area contributed by atoms with Crippen molar-refractivity contribution in [3.8, 4) is 22.3 Å². The molecule has 1 heterocycles. The normalized spacial score (nSPS) is 30.4. The summed E-state index contributed by atoms with van der Waals surface area (Å²) in [5.74, 6) is 5.46. The van der Waals surface area contributed by atoms with Gasteiger partial charge in [0.25, 0.3) is 0 Å². The Morgan fingerprint density at radius 3 is 1.62 bits per heavy atom. The van der Waals surface area contributed by atoms with Crippen LogP contribution in [0.2, 0.25) is 0 Å². The topological polar surface area (TPSA) is 16.4 Å². The van der Waals surface area contributed by atoms with E-state index in [-0.39, 0.29) is 5.41 Å². The molecule has 8 aliphatic carbocycles. The second-order valence-electron chi connectivity index (χ2n) is 20.2. The van der Waals surface area contributed by atoms with Crippen LogP contribution in [-0.4, -0.2) is 0 Å². The van der Waals surface area contributed by atoms with E-state index in [1.54, 1.807) is 11.1 Å². The predicted octanol–water partition coefficient (Wildman–Crippen LogP) is 15.3. The van der Waals surface area contributed by atoms with Crippen molar-refractivity contribution in [2.45, 2.75) is 87.9 Å². The van der Waals surface area contributed by atoms with Gasteiger partial charge >= 0.3 is 0 Å². The number of para-hydroxylation sites is 1. The van der Waals surface area contributed by atoms with E-state index in [4.69, 9.17) is 4.42 Å². The van der Waals surface area contributed by atoms with Crippen LogP contribution >= 0.6 is 0 Å². The third kappa shape index (κ3) is 5.36. The molecule has 0 radical (unpaired) electrons. The smallest absolute Gasteiger partial charge is 0.137 e. The van der Waals surface area contributed by atoms with Crippen molar-refractivity contribution >= 4 is 39.0 Å². The zero-order valence-corrected chi connectivity index (χ0v) is 33.6. The first kappa shape index (κ1) is 33.8. The number of hydrogen-bond acceptors (Lipinski definition) is 2. The molecule has 0 spiro atoms. The number of hydrogen-bond donors (Lipinski definition) is 0. The number of furan rings is 1. The Balaban J connectivity index is 0.978. The first-order valence-corrected chi connectivity index (χ1v) is 22.7. The van der Waals surface area contributed by atoms with Crippen molar-refractivity contribution in [2.24, 2.45) is 35.5 Å². The first-order valence-electron chi connectivity index (χ1n) is 22.7. The summed E-state index contributed by atoms with van der Waals surface area (Å²) in [6.45, 7) is 0. The Bertz CT molecular complexity index is 2630. The molecule has 8 aliphatic rings. The summed E-state index contributed by atoms with van der Waals surface area (Å²) < 4.78 is 6.53. The molecule has 8 fully saturated rings. The van der Waals surface area contributed by atoms with Crippen LogP contribution < -0.4 is 4.90 Å². The van der Waals surface area contributed by atoms with E-state index in [0.717, 1.165) is 52.4 Å². The molecule has 0 aliphatic heterocycles. The van der Waals surface area contributed by atoms with Gasteiger partial charge in [0.1, 0.15) is 11.2 Å². The number of anilines is 3. The molecular formula is C56H53NO. The largest absolute Gasteiger partial charge is 0.456 e. The molecule has 2 heteroatoms. The quantitative estimate of drug-likeness (QED) is 0.161. The monoisotopic (exact) mass is 755 g/mol. The third-order valence-corrected chi connectivity index (χ3v) is 16.5. The Kier molecular flexibility index (Phi) is 7.42. The highest BCUT2D eigenvalue weighted by atomic mass is 16.3. The van der Waals surface area contributed by atoms with Crippen LogP contribution in [0, 0.1) is 35.5 Å². The van der Waals surface area contributed by atoms with Crippen molar-refractivity contribution in [1.82, 2.24) is 0 Å². The van der Waals surface area contributed by atoms with Gasteiger partial charge in [-0.2, -0.15) is 0 Å². The van der Waals surface area contributed by atoms with Crippen LogP contribution in [0.4, 0.5) is 17.1 Å². The molecule has 7 aromatic rings. The summed E-state index contributed by atoms with van der Waals surface area (Å²) in [5, 5.41) is 2.34. The van der Waals surface area contributed by atoms with Gasteiger partial charge in [0, 0.05) is 33.9 Å². The van der Waals surface area contributed by atoms with E-state index in [1.165, 1.54) is 121 Å². The third-order valence-electron chi connectivity index (χ3n) is 16.5. The van der Waals surface area contributed by atoms with Crippen LogP contribution in [0.15, 0.2) is 144 Å². The molecule has 2 nitrogen and oxygen atoms in total. The van der Waals surface area contributed by atoms with E-state index < -0.39 is 0 Å². The van der Waals surface area contributed by atoms with Crippen LogP contribution in [0.5, 0.6) is 0 Å². The Labute approximate surface area is 343 Å². The lowest BCUT2D eigenvalue weighted by atomic mass is 9.47. The summed E-state index contributed by atoms with van der Waals surface area (Å²) in [6, 6.07) is 53.0. The number of rotatable bonds is 7. The van der Waals surface area contributed by atoms with Crippen molar-refractivity contribution in [1.29, 1.82) is 0 Å². The molecule has 15 rings (SSSR count). The highest BCUT2D eigenvalue weighted by Gasteiger charge is 2.53. The minimum Gasteiger partial charge on any atom is -0.456 e. The van der Waals surface area contributed by atoms with Gasteiger partial charge in [0.15, 0.2) is 0 Å². The minimum atomic E-state index is 0.238. The predicted molar refractivity (Wildman–Crippen MR) is 239 cm³/mol. The van der Waals surface area contributed by atoms with Crippen LogP contribution in [-0.2, 0) is 10.8 Å². The zero-order valence-electron chi connectivity index (χ0n) is 33.6. The van der Waals surface area contributed by atoms with Gasteiger partial charge in [-0.3, -0.25) is 0 Å². The Morgan fingerprint density at radius 1 is 0.397 bits per heavy atom. The van der Waals surface area contributed by atoms with Gasteiger partial charge < -0.3 is 9.32 Å². The lowest BCUT2D eigenvalue weighted by Crippen LogP contribution is -2.49. The molecule has 6 aromatic carbocycles. The Morgan fingerprint density at radius 2 is 0.931 bits per heavy atom. The van der Waals surface area contributed by atoms with Crippen molar-refractivity contribution in [2.75, 3.05) is 4.90 Å². The summed E-state index contributed by atoms with van der Waals surface area (Å²) in [6.07, 6.45) is 17.1. The Hall–Kier alpha value is -5.08. The van der Waals surface area contributed by atoms with Gasteiger partial charge in [-0.25, -0.2) is 0 Å². The summed E-state index contributed by atoms with van der Waals surface area (Å²) >= 11 is 0. The minimum absolute atomic E-state index is 0.238. The molecule has 0 N–H and O–H groups in total. The highest BCUT2D eigenvalue weighted by molar-refractivity contribution is 6.06. The van der Waals surface area contributed by atoms with Gasteiger partial charge in [0.2, 0.25) is 0 Å². The fourth-order valence-corrected chi connectivity index (χ4v) is 15.0. The highest BCUT2D eigenvalue weighted by Crippen LogP contribution is 2.63. The summed E-state index contributed by atoms with van der Waals surface area (Å²) in [7, 11) is 0. The summed E-state index contributed by atoms with van der Waals surface area (Å²) in [4.78, 5) is 2.50. The molecule has 8 saturated carbocycles. The van der Waals surface area contributed by atoms with Crippen molar-refractivity contribution < 1.29 is 4.42 Å². The second kappa shape index (κ2) is 12.7. The van der Waals surface area contributed by atoms with E-state index in [1.807, 2.05) is 0 Å². The molecule has 0 amide bonds. The van der Waals surface area contributed by atoms with E-state index in [0.29, 0.717) is 5.41 Å². The average molecular weight is 756 g/mol. The standard InChI is InChI=1S/C56H53NO/c1-2-7-42(8-3-1)43-13-15-46(16-14-43)57(48-18-20-51-50-11-4-5-12-53(50)58-54(51)29-48)47-17-19-49(52(28-47)56-33-39-24-40(34-56)26-41(25-39)35-56)44-9-6-10-45(27-44)55-30-36-21-37(31-55)23-38(22-36)32-55/h1-20,27-29,36-41H,21-26,30-35H2. The van der Waals surface area contributed by atoms with Crippen molar-refractivity contribution in [3.63, 3.8) is 0 Å². The number of fused-ring (bicyclic) bond motifs is 3. The molecule has 8 bridgehead atoms. The van der Waals surface area contributed by atoms with Gasteiger partial charge in [-0.15, -0.1) is 0 Å². The maximum Gasteiger partial charge on any atom is 0.137 e. The first-order chi connectivity index (χ1) is 28.5. The fraction of sp³-hybridized carbons (Fsp3) is 0.357. The molecule has 0 unspecified atom stereocenters. The SMILES string of the molecule is c1ccc(-c2ccc(N(c3ccc(-c4cccc(C56CC7CC(CC(C7)C5)C6)c4)c(C45CC6CC(CC(C6)C4)C5)c3)c3ccc4c(c3)oc3ccccc34)cc2)cc1. The van der Waals surface area contributed by atoms with E-state index >= 15 is 0 Å².